The number of nitrogens with zero attached hydrogens (tertiary/aromatic N) is 20. The highest BCUT2D eigenvalue weighted by Crippen LogP contribution is 2.42. The van der Waals surface area contributed by atoms with E-state index in [4.69, 9.17) is 57.3 Å². The molecule has 18 rings (SSSR count). The summed E-state index contributed by atoms with van der Waals surface area (Å²) >= 11 is 0. The number of hydrogen-bond donors (Lipinski definition) is 0. The van der Waals surface area contributed by atoms with E-state index < -0.39 is 47.9 Å². The van der Waals surface area contributed by atoms with Crippen molar-refractivity contribution in [3.8, 4) is 24.1 Å². The first-order valence-electron chi connectivity index (χ1n) is 45.5. The summed E-state index contributed by atoms with van der Waals surface area (Å²) in [5.41, 5.74) is 10.6. The van der Waals surface area contributed by atoms with Crippen molar-refractivity contribution in [1.29, 1.82) is 5.26 Å². The predicted molar refractivity (Wildman–Crippen MR) is 550 cm³/mol. The van der Waals surface area contributed by atoms with Gasteiger partial charge >= 0.3 is 18.0 Å². The average Bonchev–Trinajstić information content (AvgIpc) is 1.20. The Morgan fingerprint density at radius 3 is 1.38 bits per heavy atom. The van der Waals surface area contributed by atoms with Gasteiger partial charge in [0.05, 0.1) is 61.9 Å². The van der Waals surface area contributed by atoms with Gasteiger partial charge in [-0.15, -0.1) is 0 Å². The third kappa shape index (κ3) is 23.8. The standard InChI is InChI=1S/C35H41F2N7O2.C33H37FN6O2.C32H36FN7O2.5H2S/c1-24-8-5-9-25-10-6-11-30(32(24)25)42-15-13-28-29(21-42)39-34(46-22-26-18-35(2,37)23-41(26)4)40-33(28)43-16-17-44(27(20-43)19-38-3)31(45)12-7-14-36;1-22-7-5-10-25-11-6-12-29(30(22)25)38-16-14-27-28(20-38)36-33(42-21-24-8-3-4-9-24)37-31(27)39-17-18-40(32(41)23(2)34)26(19-39)13-15-35;1-22(33)31(41)40-17-16-39(19-25(40)18-34-2)30-27-13-15-38(29-12-6-9-23-8-4-5-11-26(23)29)20-28(27)35-32(36-30)42-21-24-10-7-14-37(24)3;;;;;/h5-12,26-27H,13-23H2,1-2,4H3;5-7,10-12,24,26H,2-4,8-9,13-14,16-21H2,1H3;4-6,8-9,11-12,24-25H,1,7,10,13-21H2,3H3;5*1H2/b12-7+;;;;;;;/t26-,27-,35?;26-;24-,25-;;;;;/m000...../s1. The number of benzene rings is 6. The maximum Gasteiger partial charge on any atom is 0.318 e. The summed E-state index contributed by atoms with van der Waals surface area (Å²) in [6.45, 7) is 37.3. The molecule has 1 saturated carbocycles. The monoisotopic (exact) mass is 1940 g/mol. The van der Waals surface area contributed by atoms with Crippen molar-refractivity contribution in [3.63, 3.8) is 0 Å². The number of ether oxygens (including phenoxy) is 3. The van der Waals surface area contributed by atoms with Crippen molar-refractivity contribution < 1.29 is 46.2 Å². The molecule has 135 heavy (non-hydrogen) atoms. The van der Waals surface area contributed by atoms with Crippen molar-refractivity contribution in [3.05, 3.63) is 220 Å². The van der Waals surface area contributed by atoms with E-state index in [-0.39, 0.29) is 131 Å². The molecule has 0 N–H and O–H groups in total. The summed E-state index contributed by atoms with van der Waals surface area (Å²) in [4.78, 5) is 96.8. The molecule has 6 fully saturated rings. The zero-order valence-corrected chi connectivity index (χ0v) is 82.4. The number of nitriles is 1. The summed E-state index contributed by atoms with van der Waals surface area (Å²) in [7, 11) is 4.02. The zero-order valence-electron chi connectivity index (χ0n) is 77.4. The molecule has 1 aliphatic carbocycles. The molecule has 5 saturated heterocycles. The molecule has 0 spiro atoms. The summed E-state index contributed by atoms with van der Waals surface area (Å²) < 4.78 is 73.8. The molecule has 1 unspecified atom stereocenters. The molecule has 35 heteroatoms. The van der Waals surface area contributed by atoms with Crippen molar-refractivity contribution in [2.75, 3.05) is 175 Å². The number of aryl methyl sites for hydroxylation is 2. The molecular formula is C100H124F4N20O6S5. The number of aromatic nitrogens is 6. The number of carbonyl (C=O) groups excluding carboxylic acids is 3. The lowest BCUT2D eigenvalue weighted by atomic mass is 9.99. The second kappa shape index (κ2) is 47.2. The lowest BCUT2D eigenvalue weighted by Crippen LogP contribution is -2.57. The molecule has 11 heterocycles. The van der Waals surface area contributed by atoms with Gasteiger partial charge in [0.1, 0.15) is 55.1 Å². The number of rotatable bonds is 22. The van der Waals surface area contributed by atoms with Crippen LogP contribution in [0.1, 0.15) is 103 Å². The van der Waals surface area contributed by atoms with Crippen LogP contribution in [0.4, 0.5) is 52.1 Å². The normalized spacial score (nSPS) is 20.5. The Hall–Kier alpha value is -11.0. The fourth-order valence-electron chi connectivity index (χ4n) is 20.6. The minimum atomic E-state index is -1.27. The summed E-state index contributed by atoms with van der Waals surface area (Å²) in [5.74, 6) is -0.934. The maximum atomic E-state index is 14.8. The van der Waals surface area contributed by atoms with Gasteiger partial charge in [-0.05, 0) is 144 Å². The van der Waals surface area contributed by atoms with Crippen LogP contribution in [-0.2, 0) is 53.3 Å². The van der Waals surface area contributed by atoms with Crippen LogP contribution in [0.2, 0.25) is 0 Å². The van der Waals surface area contributed by atoms with Crippen LogP contribution in [0.3, 0.4) is 0 Å². The van der Waals surface area contributed by atoms with Crippen molar-refractivity contribution >= 4 is 152 Å². The predicted octanol–water partition coefficient (Wildman–Crippen LogP) is 14.9. The van der Waals surface area contributed by atoms with E-state index in [1.165, 1.54) is 89.6 Å². The number of likely N-dealkylation sites (tertiary alicyclic amines) is 2. The topological polar surface area (TPSA) is 224 Å². The molecule has 8 aliphatic heterocycles. The van der Waals surface area contributed by atoms with Gasteiger partial charge in [0.25, 0.3) is 11.8 Å². The highest BCUT2D eigenvalue weighted by Gasteiger charge is 2.43. The van der Waals surface area contributed by atoms with Crippen LogP contribution < -0.4 is 43.6 Å². The molecule has 9 aromatic rings. The first-order chi connectivity index (χ1) is 63.0. The summed E-state index contributed by atoms with van der Waals surface area (Å²) in [5, 5.41) is 16.8. The Bertz CT molecular complexity index is 5890. The van der Waals surface area contributed by atoms with E-state index in [0.717, 1.165) is 122 Å². The number of amides is 3. The van der Waals surface area contributed by atoms with E-state index in [1.807, 2.05) is 11.9 Å². The van der Waals surface area contributed by atoms with Crippen molar-refractivity contribution in [2.45, 2.75) is 147 Å². The average molecular weight is 1940 g/mol. The number of anilines is 6. The molecule has 0 bridgehead atoms. The largest absolute Gasteiger partial charge is 0.463 e. The van der Waals surface area contributed by atoms with Gasteiger partial charge in [-0.3, -0.25) is 19.3 Å². The Morgan fingerprint density at radius 2 is 0.926 bits per heavy atom. The van der Waals surface area contributed by atoms with E-state index in [1.54, 1.807) is 11.8 Å². The number of allylic oxidation sites excluding steroid dienone is 1. The van der Waals surface area contributed by atoms with Gasteiger partial charge in [0.2, 0.25) is 19.0 Å². The molecule has 0 radical (unpaired) electrons. The Balaban J connectivity index is 0.000000191. The maximum absolute atomic E-state index is 14.8. The van der Waals surface area contributed by atoms with Gasteiger partial charge < -0.3 is 72.9 Å². The molecule has 6 aromatic carbocycles. The number of carbonyl (C=O) groups is 3. The van der Waals surface area contributed by atoms with Crippen LogP contribution in [-0.4, -0.2) is 253 Å². The van der Waals surface area contributed by atoms with Gasteiger partial charge in [-0.25, -0.2) is 30.7 Å². The molecule has 718 valence electrons. The first-order valence-corrected chi connectivity index (χ1v) is 45.5. The third-order valence-corrected chi connectivity index (χ3v) is 27.2. The number of piperazine rings is 3. The molecule has 26 nitrogen and oxygen atoms in total. The number of halogens is 4. The third-order valence-electron chi connectivity index (χ3n) is 27.2. The highest BCUT2D eigenvalue weighted by atomic mass is 32.1. The number of fused-ring (bicyclic) bond motifs is 6. The van der Waals surface area contributed by atoms with Gasteiger partial charge in [-0.2, -0.15) is 103 Å². The van der Waals surface area contributed by atoms with E-state index in [2.05, 4.69) is 199 Å². The second-order valence-electron chi connectivity index (χ2n) is 36.0. The van der Waals surface area contributed by atoms with Crippen LogP contribution in [0.5, 0.6) is 18.0 Å². The van der Waals surface area contributed by atoms with E-state index in [0.29, 0.717) is 122 Å². The number of alkyl halides is 2. The molecule has 3 aromatic heterocycles. The first kappa shape index (κ1) is 105. The van der Waals surface area contributed by atoms with Gasteiger partial charge in [-0.1, -0.05) is 123 Å². The van der Waals surface area contributed by atoms with Crippen molar-refractivity contribution in [1.82, 2.24) is 54.4 Å². The van der Waals surface area contributed by atoms with E-state index >= 15 is 0 Å². The van der Waals surface area contributed by atoms with Crippen LogP contribution >= 0.6 is 67.5 Å². The lowest BCUT2D eigenvalue weighted by Gasteiger charge is -2.42. The van der Waals surface area contributed by atoms with Crippen LogP contribution in [0, 0.1) is 44.2 Å². The van der Waals surface area contributed by atoms with Gasteiger partial charge in [0.15, 0.2) is 11.7 Å². The molecular weight excluding hydrogens is 1810 g/mol. The minimum absolute atomic E-state index is 0. The Kier molecular flexibility index (Phi) is 36.5. The molecule has 6 atom stereocenters. The molecule has 9 aliphatic rings. The highest BCUT2D eigenvalue weighted by molar-refractivity contribution is 7.60. The Morgan fingerprint density at radius 1 is 0.504 bits per heavy atom. The van der Waals surface area contributed by atoms with Gasteiger partial charge in [0, 0.05) is 160 Å². The molecule has 3 amide bonds. The zero-order chi connectivity index (χ0) is 90.9. The fraction of sp³-hybridized carbons (Fsp3) is 0.460. The quantitative estimate of drug-likeness (QED) is 0.0349. The Labute approximate surface area is 824 Å². The van der Waals surface area contributed by atoms with E-state index in [9.17, 15) is 37.2 Å². The number of hydrogen-bond acceptors (Lipinski definition) is 21. The number of likely N-dealkylation sites (N-methyl/N-ethyl adjacent to an activating group) is 2. The summed E-state index contributed by atoms with van der Waals surface area (Å²) in [6, 6.07) is 42.4. The minimum Gasteiger partial charge on any atom is -0.463 e. The van der Waals surface area contributed by atoms with Crippen LogP contribution in [0.25, 0.3) is 42.0 Å². The SMILES string of the molecule is C=C(F)C(=O)N1CCN(c2nc(OCC3CCCC3)nc3c2CCN(c2cccc4cccc(C)c24)C3)C[C@@H]1CC#N.S.S.S.S.S.[C-]#[N+]C[C@H]1CN(c2nc(OC[C@@H]3CC(C)(F)CN3C)nc3c2CCN(c2cccc4cccc(C)c24)C3)CCN1C(=O)/C=C/CF.[C-]#[N+]C[C@H]1CN(c2nc(OC[C@@H]3CCCN3C)nc3c2CCN(c2cccc4ccccc24)C3)CCN1C(=O)C(=C)F. The second-order valence-corrected chi connectivity index (χ2v) is 36.0. The van der Waals surface area contributed by atoms with Crippen molar-refractivity contribution in [2.24, 2.45) is 5.92 Å². The lowest BCUT2D eigenvalue weighted by molar-refractivity contribution is -0.131. The smallest absolute Gasteiger partial charge is 0.318 e. The fourth-order valence-corrected chi connectivity index (χ4v) is 20.6. The summed E-state index contributed by atoms with van der Waals surface area (Å²) in [6.07, 6.45) is 12.2. The van der Waals surface area contributed by atoms with Crippen LogP contribution in [0.15, 0.2) is 152 Å².